The Bertz CT molecular complexity index is 341. The Morgan fingerprint density at radius 2 is 0.870 bits per heavy atom. The highest BCUT2D eigenvalue weighted by molar-refractivity contribution is 6.44. The molecule has 0 rings (SSSR count). The third kappa shape index (κ3) is 11.7. The van der Waals surface area contributed by atoms with Crippen molar-refractivity contribution in [2.24, 2.45) is 0 Å². The molecule has 0 aromatic carbocycles. The van der Waals surface area contributed by atoms with Crippen molar-refractivity contribution in [3.05, 3.63) is 0 Å². The highest BCUT2D eigenvalue weighted by Crippen LogP contribution is 2.44. The second-order valence-corrected chi connectivity index (χ2v) is 7.20. The van der Waals surface area contributed by atoms with Gasteiger partial charge in [-0.1, -0.05) is 0 Å². The summed E-state index contributed by atoms with van der Waals surface area (Å²) >= 11 is 20.6. The molecule has 1 nitrogen and oxygen atoms in total. The Hall–Kier alpha value is 0.560. The molecule has 0 aliphatic carbocycles. The van der Waals surface area contributed by atoms with E-state index in [-0.39, 0.29) is 0 Å². The zero-order chi connectivity index (χ0) is 18.7. The van der Waals surface area contributed by atoms with Crippen LogP contribution < -0.4 is 0 Å². The summed E-state index contributed by atoms with van der Waals surface area (Å²) in [7, 11) is 0. The van der Waals surface area contributed by atoms with E-state index in [0.29, 0.717) is 0 Å². The van der Waals surface area contributed by atoms with Gasteiger partial charge in [0.15, 0.2) is 0 Å². The van der Waals surface area contributed by atoms with Crippen molar-refractivity contribution in [3.8, 4) is 0 Å². The number of ether oxygens (including phenoxy) is 1. The van der Waals surface area contributed by atoms with Crippen molar-refractivity contribution < 1.29 is 39.9 Å². The topological polar surface area (TPSA) is 9.23 Å². The lowest BCUT2D eigenvalue weighted by Gasteiger charge is -2.36. The summed E-state index contributed by atoms with van der Waals surface area (Å²) in [6.45, 7) is 0. The van der Waals surface area contributed by atoms with Gasteiger partial charge in [-0.05, 0) is 0 Å². The van der Waals surface area contributed by atoms with Gasteiger partial charge >= 0.3 is 12.4 Å². The molecule has 0 amide bonds. The van der Waals surface area contributed by atoms with Gasteiger partial charge in [0.1, 0.15) is 22.5 Å². The van der Waals surface area contributed by atoms with Gasteiger partial charge in [0.2, 0.25) is 11.7 Å². The quantitative estimate of drug-likeness (QED) is 0.304. The normalized spacial score (nSPS) is 19.0. The van der Waals surface area contributed by atoms with Gasteiger partial charge < -0.3 is 4.74 Å². The first-order chi connectivity index (χ1) is 9.95. The molecule has 0 aromatic heterocycles. The summed E-state index contributed by atoms with van der Waals surface area (Å²) in [5, 5.41) is 0. The lowest BCUT2D eigenvalue weighted by Crippen LogP contribution is -2.46. The average molecular weight is 440 g/mol. The van der Waals surface area contributed by atoms with Crippen LogP contribution >= 0.6 is 46.4 Å². The second kappa shape index (κ2) is 8.29. The minimum Gasteiger partial charge on any atom is -0.308 e. The summed E-state index contributed by atoms with van der Waals surface area (Å²) < 4.78 is 107. The molecule has 140 valence electrons. The van der Waals surface area contributed by atoms with Gasteiger partial charge in [-0.2, -0.15) is 26.3 Å². The first kappa shape index (κ1) is 23.6. The van der Waals surface area contributed by atoms with E-state index < -0.39 is 59.4 Å². The molecule has 0 N–H and O–H groups in total. The predicted molar refractivity (Wildman–Crippen MR) is 70.3 cm³/mol. The Kier molecular flexibility index (Phi) is 8.49. The van der Waals surface area contributed by atoms with Crippen molar-refractivity contribution in [3.63, 3.8) is 0 Å². The number of hydrogen-bond donors (Lipinski definition) is 0. The molecule has 0 saturated carbocycles. The Balaban J connectivity index is 5.49. The summed E-state index contributed by atoms with van der Waals surface area (Å²) in [6.07, 6.45) is -18.1. The van der Waals surface area contributed by atoms with E-state index in [1.807, 2.05) is 0 Å². The molecular weight excluding hydrogens is 430 g/mol. The zero-order valence-electron chi connectivity index (χ0n) is 10.9. The average Bonchev–Trinajstić information content (AvgIpc) is 2.02. The van der Waals surface area contributed by atoms with E-state index >= 15 is 0 Å². The van der Waals surface area contributed by atoms with Crippen LogP contribution in [0.5, 0.6) is 0 Å². The third-order valence-corrected chi connectivity index (χ3v) is 2.83. The molecule has 2 atom stereocenters. The Labute approximate surface area is 146 Å². The fourth-order valence-corrected chi connectivity index (χ4v) is 2.61. The van der Waals surface area contributed by atoms with Crippen LogP contribution in [-0.2, 0) is 4.74 Å². The maximum absolute atomic E-state index is 14.3. The molecule has 0 bridgehead atoms. The molecule has 0 fully saturated rings. The van der Waals surface area contributed by atoms with Crippen molar-refractivity contribution in [1.29, 1.82) is 0 Å². The summed E-state index contributed by atoms with van der Waals surface area (Å²) in [6, 6.07) is 0. The fraction of sp³-hybridized carbons (Fsp3) is 1.00. The molecule has 23 heavy (non-hydrogen) atoms. The van der Waals surface area contributed by atoms with Crippen LogP contribution in [0.4, 0.5) is 35.1 Å². The molecular formula is C10H10Cl4F8O. The standard InChI is InChI=1S/C10H10Cl4F8O/c11-5(12)1-7(15,3-9(17,18)19)23-8(16,2-6(13)14)4-10(20,21)22/h5-6H,1-4H2. The van der Waals surface area contributed by atoms with E-state index in [4.69, 9.17) is 46.4 Å². The Morgan fingerprint density at radius 1 is 0.609 bits per heavy atom. The molecule has 0 aliphatic heterocycles. The highest BCUT2D eigenvalue weighted by atomic mass is 35.5. The van der Waals surface area contributed by atoms with Crippen molar-refractivity contribution in [2.45, 2.75) is 59.4 Å². The van der Waals surface area contributed by atoms with Crippen molar-refractivity contribution in [1.82, 2.24) is 0 Å². The summed E-state index contributed by atoms with van der Waals surface area (Å²) in [4.78, 5) is -3.58. The smallest absolute Gasteiger partial charge is 0.308 e. The lowest BCUT2D eigenvalue weighted by atomic mass is 10.1. The number of hydrogen-bond acceptors (Lipinski definition) is 1. The minimum atomic E-state index is -5.22. The molecule has 0 saturated heterocycles. The molecule has 0 aromatic rings. The monoisotopic (exact) mass is 438 g/mol. The third-order valence-electron chi connectivity index (χ3n) is 2.21. The van der Waals surface area contributed by atoms with Crippen LogP contribution in [0.2, 0.25) is 0 Å². The van der Waals surface area contributed by atoms with E-state index in [9.17, 15) is 35.1 Å². The molecule has 0 spiro atoms. The van der Waals surface area contributed by atoms with Gasteiger partial charge in [-0.25, -0.2) is 8.78 Å². The van der Waals surface area contributed by atoms with Gasteiger partial charge in [0, 0.05) is 12.8 Å². The maximum Gasteiger partial charge on any atom is 0.394 e. The van der Waals surface area contributed by atoms with Crippen LogP contribution in [0.15, 0.2) is 0 Å². The number of alkyl halides is 12. The van der Waals surface area contributed by atoms with Crippen LogP contribution in [0, 0.1) is 0 Å². The molecule has 2 unspecified atom stereocenters. The second-order valence-electron chi connectivity index (χ2n) is 4.64. The van der Waals surface area contributed by atoms with Crippen molar-refractivity contribution >= 4 is 46.4 Å². The zero-order valence-corrected chi connectivity index (χ0v) is 14.0. The number of rotatable bonds is 8. The van der Waals surface area contributed by atoms with Crippen LogP contribution in [-0.4, -0.2) is 33.7 Å². The maximum atomic E-state index is 14.3. The predicted octanol–water partition coefficient (Wildman–Crippen LogP) is 6.63. The van der Waals surface area contributed by atoms with E-state index in [1.54, 1.807) is 0 Å². The lowest BCUT2D eigenvalue weighted by molar-refractivity contribution is -0.329. The van der Waals surface area contributed by atoms with Crippen LogP contribution in [0.3, 0.4) is 0 Å². The highest BCUT2D eigenvalue weighted by Gasteiger charge is 2.54. The fourth-order valence-electron chi connectivity index (χ4n) is 1.69. The van der Waals surface area contributed by atoms with Crippen LogP contribution in [0.25, 0.3) is 0 Å². The van der Waals surface area contributed by atoms with Crippen LogP contribution in [0.1, 0.15) is 25.7 Å². The molecule has 0 radical (unpaired) electrons. The SMILES string of the molecule is FC(F)(F)CC(F)(CC(Cl)Cl)OC(F)(CC(Cl)Cl)CC(F)(F)F. The number of halogens is 12. The first-order valence-electron chi connectivity index (χ1n) is 5.73. The van der Waals surface area contributed by atoms with Gasteiger partial charge in [-0.3, -0.25) is 0 Å². The largest absolute Gasteiger partial charge is 0.394 e. The molecule has 0 heterocycles. The summed E-state index contributed by atoms with van der Waals surface area (Å²) in [5.74, 6) is -7.87. The van der Waals surface area contributed by atoms with Gasteiger partial charge in [-0.15, -0.1) is 46.4 Å². The van der Waals surface area contributed by atoms with Crippen molar-refractivity contribution in [2.75, 3.05) is 0 Å². The molecule has 0 aliphatic rings. The minimum absolute atomic E-state index is 1.42. The van der Waals surface area contributed by atoms with E-state index in [1.165, 1.54) is 0 Å². The first-order valence-corrected chi connectivity index (χ1v) is 7.48. The van der Waals surface area contributed by atoms with Gasteiger partial charge in [0.05, 0.1) is 0 Å². The van der Waals surface area contributed by atoms with E-state index in [2.05, 4.69) is 4.74 Å². The molecule has 13 heteroatoms. The Morgan fingerprint density at radius 3 is 1.04 bits per heavy atom. The van der Waals surface area contributed by atoms with E-state index in [0.717, 1.165) is 0 Å². The van der Waals surface area contributed by atoms with Gasteiger partial charge in [0.25, 0.3) is 0 Å². The summed E-state index contributed by atoms with van der Waals surface area (Å²) in [5.41, 5.74) is 0.